The Balaban J connectivity index is 0.000000160. The van der Waals surface area contributed by atoms with Gasteiger partial charge in [-0.25, -0.2) is 69.0 Å². The van der Waals surface area contributed by atoms with E-state index in [0.717, 1.165) is 52.2 Å². The Hall–Kier alpha value is -10.4. The Morgan fingerprint density at radius 3 is 1.44 bits per heavy atom. The number of aliphatic hydroxyl groups is 1. The predicted molar refractivity (Wildman–Crippen MR) is 456 cm³/mol. The summed E-state index contributed by atoms with van der Waals surface area (Å²) in [6.07, 6.45) is 12.8. The standard InChI is InChI=1S/C22H26F2N6O4.C16H22IN5O3.C16H23N5O3.C12H18BNO2.C9H17NO3.C5H3ClN4/c1-5-30-17(13-6-7-15(25-10-13)33-20(23)24)28-16-18(30)26-12-27-19(16)32-14-8-9-29(11-14)21(31)34-22(2,3)4;1-5-22-12-11(20-14(22)17)13(19-9-18-12)24-10-6-7-21(8-10)15(23)25-16(2,3)4;1-5-20-10-19-12-13(20)17-9-18-14(12)23-11-6-7-21(8-11)15(22)24-16(2,3)4;1-9-6-7-10(8-14-9)13-15-11(2,3)12(4,5)16-13;1-9(2,3)13-8(12)10-5-4-7(11)6-10;6-4-3-5(9-1-7-3)10-2-8-4/h6-7,10,12,14,20H,5,8-9,11H2,1-4H3;9-10H,5-8H2,1-4H3;9-11H,5-8H2,1-4H3;6-8H,1-5H3;7,11H,4-6H2,1-3H3;1-2H,(H,7,8,9,10)/t14-;10-;11-;;7-;/m000.0./s1. The summed E-state index contributed by atoms with van der Waals surface area (Å²) < 4.78 is 87.2. The van der Waals surface area contributed by atoms with E-state index in [1.165, 1.54) is 48.8 Å². The number of likely N-dealkylation sites (tertiary alicyclic amines) is 4. The first-order chi connectivity index (χ1) is 57.4. The molecule has 0 unspecified atom stereocenters. The maximum atomic E-state index is 12.4. The van der Waals surface area contributed by atoms with Gasteiger partial charge in [0.25, 0.3) is 0 Å². The van der Waals surface area contributed by atoms with Gasteiger partial charge in [0, 0.05) is 129 Å². The van der Waals surface area contributed by atoms with Gasteiger partial charge >= 0.3 is 38.1 Å². The second-order valence-electron chi connectivity index (χ2n) is 34.0. The normalized spacial score (nSPS) is 18.1. The largest absolute Gasteiger partial charge is 0.496 e. The number of rotatable bonds is 13. The molecule has 37 nitrogen and oxygen atoms in total. The van der Waals surface area contributed by atoms with Gasteiger partial charge in [0.2, 0.25) is 23.5 Å². The number of nitrogens with one attached hydrogen (secondary N) is 1. The molecule has 0 spiro atoms. The first-order valence-corrected chi connectivity index (χ1v) is 41.7. The van der Waals surface area contributed by atoms with Gasteiger partial charge in [-0.3, -0.25) is 4.98 Å². The van der Waals surface area contributed by atoms with Crippen molar-refractivity contribution in [1.29, 1.82) is 0 Å². The molecule has 0 bridgehead atoms. The van der Waals surface area contributed by atoms with Crippen molar-refractivity contribution in [3.63, 3.8) is 0 Å². The van der Waals surface area contributed by atoms with Crippen molar-refractivity contribution >= 4 is 116 Å². The van der Waals surface area contributed by atoms with Crippen molar-refractivity contribution in [3.05, 3.63) is 89.3 Å². The van der Waals surface area contributed by atoms with Gasteiger partial charge in [0.1, 0.15) is 77.4 Å². The van der Waals surface area contributed by atoms with E-state index in [4.69, 9.17) is 54.1 Å². The van der Waals surface area contributed by atoms with Crippen molar-refractivity contribution in [1.82, 2.24) is 108 Å². The number of carbonyl (C=O) groups excluding carboxylic acids is 4. The number of amides is 4. The van der Waals surface area contributed by atoms with Crippen LogP contribution in [-0.4, -0.2) is 262 Å². The van der Waals surface area contributed by atoms with Crippen LogP contribution in [0.4, 0.5) is 28.0 Å². The molecule has 2 N–H and O–H groups in total. The lowest BCUT2D eigenvalue weighted by Gasteiger charge is -2.32. The van der Waals surface area contributed by atoms with Gasteiger partial charge in [0.15, 0.2) is 48.1 Å². The zero-order valence-electron chi connectivity index (χ0n) is 72.6. The minimum atomic E-state index is -2.95. The lowest BCUT2D eigenvalue weighted by molar-refractivity contribution is -0.0528. The van der Waals surface area contributed by atoms with Crippen LogP contribution in [0, 0.1) is 10.8 Å². The Morgan fingerprint density at radius 2 is 1.02 bits per heavy atom. The summed E-state index contributed by atoms with van der Waals surface area (Å²) in [5.41, 5.74) is 5.11. The molecule has 0 saturated carbocycles. The number of hydrogen-bond acceptors (Lipinski definition) is 29. The second-order valence-corrected chi connectivity index (χ2v) is 35.3. The summed E-state index contributed by atoms with van der Waals surface area (Å²) in [4.78, 5) is 116. The maximum absolute atomic E-state index is 12.4. The van der Waals surface area contributed by atoms with Crippen LogP contribution in [0.2, 0.25) is 5.15 Å². The molecule has 4 amide bonds. The number of ether oxygens (including phenoxy) is 8. The molecule has 5 aliphatic heterocycles. The number of aromatic amines is 1. The lowest BCUT2D eigenvalue weighted by atomic mass is 9.80. The third-order valence-electron chi connectivity index (χ3n) is 19.2. The van der Waals surface area contributed by atoms with E-state index in [0.29, 0.717) is 139 Å². The number of aliphatic hydroxyl groups excluding tert-OH is 1. The molecule has 15 rings (SSSR count). The molecular formula is C80H109BClF2IN22O15. The quantitative estimate of drug-likeness (QED) is 0.0356. The molecule has 122 heavy (non-hydrogen) atoms. The van der Waals surface area contributed by atoms with E-state index in [-0.39, 0.29) is 73.0 Å². The molecule has 5 fully saturated rings. The minimum absolute atomic E-state index is 0.123. The number of fused-ring (bicyclic) bond motifs is 4. The number of aryl methyl sites for hydroxylation is 4. The average molecular weight is 1830 g/mol. The second kappa shape index (κ2) is 39.8. The summed E-state index contributed by atoms with van der Waals surface area (Å²) in [6.45, 7) is 41.5. The van der Waals surface area contributed by atoms with E-state index in [9.17, 15) is 33.1 Å². The van der Waals surface area contributed by atoms with Crippen molar-refractivity contribution in [2.24, 2.45) is 0 Å². The van der Waals surface area contributed by atoms with E-state index in [1.807, 2.05) is 143 Å². The van der Waals surface area contributed by atoms with E-state index >= 15 is 0 Å². The van der Waals surface area contributed by atoms with Gasteiger partial charge in [-0.15, -0.1) is 0 Å². The molecule has 0 aromatic carbocycles. The van der Waals surface area contributed by atoms with E-state index < -0.39 is 29.0 Å². The molecule has 0 radical (unpaired) electrons. The van der Waals surface area contributed by atoms with Crippen molar-refractivity contribution in [2.75, 3.05) is 52.4 Å². The number of H-pyrrole nitrogens is 1. The number of β-amino-alcohol motifs (C(OH)–C–C–N with tert-alkyl or cyclic N) is 1. The van der Waals surface area contributed by atoms with Crippen LogP contribution < -0.4 is 24.4 Å². The monoisotopic (exact) mass is 1830 g/mol. The molecule has 42 heteroatoms. The van der Waals surface area contributed by atoms with Gasteiger partial charge < -0.3 is 90.6 Å². The van der Waals surface area contributed by atoms with Crippen LogP contribution in [0.3, 0.4) is 0 Å². The number of nitrogens with zero attached hydrogens (tertiary/aromatic N) is 21. The van der Waals surface area contributed by atoms with Crippen LogP contribution in [-0.2, 0) is 47.9 Å². The zero-order valence-corrected chi connectivity index (χ0v) is 75.5. The Labute approximate surface area is 725 Å². The SMILES string of the molecule is CC(C)(C)OC(=O)N1CC[C@H](O)C1.CCn1c(-c2ccc(OC(F)F)nc2)nc2c(O[C@H]3CCN(C(=O)OC(C)(C)C)C3)ncnc21.CCn1c(I)nc2c(O[C@H]3CCN(C(=O)OC(C)(C)C)C3)ncnc21.CCn1cnc2c(O[C@H]3CCN(C(=O)OC(C)(C)C)C3)ncnc21.Cc1ccc(B2OC(C)(C)C(C)(C)O2)cn1.Clc1ncnc2nc[nH]c12. The third-order valence-corrected chi connectivity index (χ3v) is 20.3. The van der Waals surface area contributed by atoms with Crippen LogP contribution in [0.15, 0.2) is 74.6 Å². The molecule has 10 aromatic rings. The Kier molecular flexibility index (Phi) is 30.7. The van der Waals surface area contributed by atoms with Crippen molar-refractivity contribution in [2.45, 2.75) is 248 Å². The molecule has 660 valence electrons. The molecular weight excluding hydrogens is 1720 g/mol. The average Bonchev–Trinajstić information content (AvgIpc) is 1.64. The summed E-state index contributed by atoms with van der Waals surface area (Å²) in [5, 5.41) is 9.60. The first-order valence-electron chi connectivity index (χ1n) is 40.2. The number of pyridine rings is 2. The Bertz CT molecular complexity index is 5180. The van der Waals surface area contributed by atoms with Crippen LogP contribution >= 0.6 is 34.2 Å². The van der Waals surface area contributed by atoms with E-state index in [1.54, 1.807) is 27.1 Å². The zero-order chi connectivity index (χ0) is 89.0. The fourth-order valence-corrected chi connectivity index (χ4v) is 13.6. The minimum Gasteiger partial charge on any atom is -0.471 e. The molecule has 5 aliphatic rings. The fraction of sp³-hybridized carbons (Fsp3) is 0.575. The fourth-order valence-electron chi connectivity index (χ4n) is 12.6. The van der Waals surface area contributed by atoms with Crippen molar-refractivity contribution in [3.8, 4) is 34.9 Å². The number of alkyl halides is 2. The first kappa shape index (κ1) is 93.9. The number of aromatic nitrogens is 18. The summed E-state index contributed by atoms with van der Waals surface area (Å²) in [5.74, 6) is 1.59. The van der Waals surface area contributed by atoms with E-state index in [2.05, 4.69) is 130 Å². The molecule has 4 atom stereocenters. The predicted octanol–water partition coefficient (Wildman–Crippen LogP) is 12.7. The summed E-state index contributed by atoms with van der Waals surface area (Å²) in [6, 6.07) is 6.93. The van der Waals surface area contributed by atoms with Crippen LogP contribution in [0.5, 0.6) is 23.5 Å². The third kappa shape index (κ3) is 25.4. The highest BCUT2D eigenvalue weighted by Gasteiger charge is 2.52. The van der Waals surface area contributed by atoms with Gasteiger partial charge in [-0.05, 0) is 157 Å². The van der Waals surface area contributed by atoms with Crippen LogP contribution in [0.1, 0.15) is 163 Å². The highest BCUT2D eigenvalue weighted by Crippen LogP contribution is 2.37. The molecule has 5 saturated heterocycles. The van der Waals surface area contributed by atoms with Crippen LogP contribution in [0.25, 0.3) is 56.0 Å². The maximum Gasteiger partial charge on any atom is 0.496 e. The summed E-state index contributed by atoms with van der Waals surface area (Å²) >= 11 is 7.85. The summed E-state index contributed by atoms with van der Waals surface area (Å²) in [7, 11) is -0.307. The number of halogens is 4. The highest BCUT2D eigenvalue weighted by atomic mass is 127. The molecule has 0 aliphatic carbocycles. The Morgan fingerprint density at radius 1 is 0.557 bits per heavy atom. The smallest absolute Gasteiger partial charge is 0.471 e. The lowest BCUT2D eigenvalue weighted by Crippen LogP contribution is -2.41. The van der Waals surface area contributed by atoms with Gasteiger partial charge in [0.05, 0.1) is 49.6 Å². The molecule has 15 heterocycles. The van der Waals surface area contributed by atoms with Crippen molar-refractivity contribution < 1.29 is 80.3 Å². The van der Waals surface area contributed by atoms with Gasteiger partial charge in [-0.1, -0.05) is 17.7 Å². The number of imidazole rings is 4. The number of carbonyl (C=O) groups is 4. The van der Waals surface area contributed by atoms with Gasteiger partial charge in [-0.2, -0.15) is 23.7 Å². The number of hydrogen-bond donors (Lipinski definition) is 2. The molecule has 10 aromatic heterocycles. The highest BCUT2D eigenvalue weighted by molar-refractivity contribution is 14.1. The topological polar surface area (TPSA) is 405 Å².